The highest BCUT2D eigenvalue weighted by molar-refractivity contribution is 5.84. The quantitative estimate of drug-likeness (QED) is 0.396. The van der Waals surface area contributed by atoms with Gasteiger partial charge in [0.05, 0.1) is 0 Å². The number of carbonyl (C=O) groups is 2. The maximum Gasteiger partial charge on any atom is 0.330 e. The van der Waals surface area contributed by atoms with E-state index >= 15 is 0 Å². The van der Waals surface area contributed by atoms with E-state index in [0.29, 0.717) is 0 Å². The lowest BCUT2D eigenvalue weighted by Crippen LogP contribution is -2.18. The number of nitrogens with two attached hydrogens (primary N) is 3. The molecule has 0 aliphatic carbocycles. The van der Waals surface area contributed by atoms with Gasteiger partial charge in [-0.1, -0.05) is 12.7 Å². The predicted octanol–water partition coefficient (Wildman–Crippen LogP) is 0.192. The van der Waals surface area contributed by atoms with Crippen molar-refractivity contribution in [1.82, 2.24) is 0 Å². The van der Waals surface area contributed by atoms with Gasteiger partial charge in [0.1, 0.15) is 0 Å². The van der Waals surface area contributed by atoms with Gasteiger partial charge >= 0.3 is 12.0 Å². The van der Waals surface area contributed by atoms with Gasteiger partial charge in [0.15, 0.2) is 0 Å². The lowest BCUT2D eigenvalue weighted by atomic mass is 10.4. The van der Waals surface area contributed by atoms with Crippen LogP contribution in [0.1, 0.15) is 13.3 Å². The third kappa shape index (κ3) is 72.2. The molecule has 0 saturated heterocycles. The number of urea groups is 1. The molecule has 0 unspecified atom stereocenters. The summed E-state index contributed by atoms with van der Waals surface area (Å²) in [6.07, 6.45) is 2.74. The van der Waals surface area contributed by atoms with Gasteiger partial charge in [-0.15, -0.1) is 6.58 Å². The van der Waals surface area contributed by atoms with Gasteiger partial charge < -0.3 is 22.3 Å². The molecule has 7 N–H and O–H groups in total. The number of aliphatic carboxylic acids is 1. The Morgan fingerprint density at radius 1 is 1.40 bits per heavy atom. The van der Waals surface area contributed by atoms with Crippen molar-refractivity contribution in [2.45, 2.75) is 13.3 Å². The maximum absolute atomic E-state index is 9.60. The lowest BCUT2D eigenvalue weighted by molar-refractivity contribution is -0.132. The fourth-order valence-corrected chi connectivity index (χ4v) is 0.118. The largest absolute Gasteiger partial charge is 0.478 e. The van der Waals surface area contributed by atoms with E-state index < -0.39 is 12.0 Å². The molecule has 0 aromatic heterocycles. The van der Waals surface area contributed by atoms with Crippen LogP contribution in [-0.2, 0) is 4.79 Å². The molecule has 0 saturated carbocycles. The first kappa shape index (κ1) is 18.9. The molecule has 0 fully saturated rings. The minimum atomic E-state index is -0.935. The van der Waals surface area contributed by atoms with Crippen LogP contribution in [0.25, 0.3) is 0 Å². The molecule has 0 heterocycles. The number of primary amides is 2. The molecule has 2 amide bonds. The SMILES string of the molecule is C=C(C)C(=O)O.C=CCCN.NC(N)=O. The van der Waals surface area contributed by atoms with E-state index in [-0.39, 0.29) is 5.57 Å². The van der Waals surface area contributed by atoms with Gasteiger partial charge in [-0.3, -0.25) is 0 Å². The van der Waals surface area contributed by atoms with Gasteiger partial charge in [0.2, 0.25) is 0 Å². The summed E-state index contributed by atoms with van der Waals surface area (Å²) >= 11 is 0. The van der Waals surface area contributed by atoms with E-state index in [1.54, 1.807) is 6.08 Å². The van der Waals surface area contributed by atoms with Crippen molar-refractivity contribution in [3.8, 4) is 0 Å². The molecule has 0 atom stereocenters. The van der Waals surface area contributed by atoms with Crippen molar-refractivity contribution in [3.63, 3.8) is 0 Å². The number of carboxylic acids is 1. The Morgan fingerprint density at radius 3 is 1.67 bits per heavy atom. The van der Waals surface area contributed by atoms with Crippen LogP contribution in [0.3, 0.4) is 0 Å². The second kappa shape index (κ2) is 14.7. The summed E-state index contributed by atoms with van der Waals surface area (Å²) in [5.41, 5.74) is 13.7. The summed E-state index contributed by atoms with van der Waals surface area (Å²) in [5, 5.41) is 7.89. The van der Waals surface area contributed by atoms with Gasteiger partial charge in [0.25, 0.3) is 0 Å². The van der Waals surface area contributed by atoms with E-state index in [4.69, 9.17) is 15.6 Å². The first-order chi connectivity index (χ1) is 6.79. The fourth-order valence-electron chi connectivity index (χ4n) is 0.118. The molecule has 15 heavy (non-hydrogen) atoms. The van der Waals surface area contributed by atoms with Crippen LogP contribution in [-0.4, -0.2) is 23.7 Å². The Kier molecular flexibility index (Phi) is 18.5. The van der Waals surface area contributed by atoms with Gasteiger partial charge in [-0.2, -0.15) is 0 Å². The number of carbonyl (C=O) groups excluding carboxylic acids is 1. The average Bonchev–Trinajstić information content (AvgIpc) is 2.05. The summed E-state index contributed by atoms with van der Waals surface area (Å²) in [4.78, 5) is 18.6. The second-order valence-corrected chi connectivity index (χ2v) is 2.35. The van der Waals surface area contributed by atoms with Crippen LogP contribution in [0.2, 0.25) is 0 Å². The number of hydrogen-bond donors (Lipinski definition) is 4. The molecule has 0 aromatic carbocycles. The van der Waals surface area contributed by atoms with E-state index in [1.165, 1.54) is 6.92 Å². The molecule has 0 spiro atoms. The summed E-state index contributed by atoms with van der Waals surface area (Å²) in [7, 11) is 0. The fraction of sp³-hybridized carbons (Fsp3) is 0.333. The smallest absolute Gasteiger partial charge is 0.330 e. The monoisotopic (exact) mass is 217 g/mol. The summed E-state index contributed by atoms with van der Waals surface area (Å²) in [6.45, 7) is 8.80. The first-order valence-electron chi connectivity index (χ1n) is 4.04. The highest BCUT2D eigenvalue weighted by Crippen LogP contribution is 1.81. The highest BCUT2D eigenvalue weighted by Gasteiger charge is 1.90. The Bertz CT molecular complexity index is 199. The first-order valence-corrected chi connectivity index (χ1v) is 4.04. The topological polar surface area (TPSA) is 132 Å². The van der Waals surface area contributed by atoms with Crippen molar-refractivity contribution >= 4 is 12.0 Å². The number of rotatable bonds is 3. The van der Waals surface area contributed by atoms with Gasteiger partial charge in [0, 0.05) is 5.57 Å². The van der Waals surface area contributed by atoms with Crippen molar-refractivity contribution in [3.05, 3.63) is 24.8 Å². The van der Waals surface area contributed by atoms with Crippen molar-refractivity contribution in [2.75, 3.05) is 6.54 Å². The van der Waals surface area contributed by atoms with Crippen LogP contribution >= 0.6 is 0 Å². The zero-order valence-electron chi connectivity index (χ0n) is 8.90. The van der Waals surface area contributed by atoms with E-state index in [9.17, 15) is 4.79 Å². The number of carboxylic acid groups (broad SMARTS) is 1. The average molecular weight is 217 g/mol. The van der Waals surface area contributed by atoms with Crippen LogP contribution < -0.4 is 17.2 Å². The third-order valence-corrected chi connectivity index (χ3v) is 0.736. The standard InChI is InChI=1S/C4H9N.C4H6O2.CH4N2O/c1-2-3-4-5;1-3(2)4(5)6;2-1(3)4/h2H,1,3-5H2;1H2,2H3,(H,5,6);(H4,2,3,4). The summed E-state index contributed by atoms with van der Waals surface area (Å²) in [5.74, 6) is -0.935. The third-order valence-electron chi connectivity index (χ3n) is 0.736. The minimum absolute atomic E-state index is 0.176. The zero-order chi connectivity index (χ0) is 12.9. The Hall–Kier alpha value is -1.82. The lowest BCUT2D eigenvalue weighted by Gasteiger charge is -1.79. The van der Waals surface area contributed by atoms with Crippen molar-refractivity contribution in [2.24, 2.45) is 17.2 Å². The molecular weight excluding hydrogens is 198 g/mol. The van der Waals surface area contributed by atoms with E-state index in [0.717, 1.165) is 13.0 Å². The molecule has 0 aliphatic heterocycles. The molecule has 0 bridgehead atoms. The molecule has 0 rings (SSSR count). The van der Waals surface area contributed by atoms with Crippen LogP contribution in [0.5, 0.6) is 0 Å². The van der Waals surface area contributed by atoms with Gasteiger partial charge in [-0.25, -0.2) is 9.59 Å². The van der Waals surface area contributed by atoms with Crippen LogP contribution in [0.4, 0.5) is 4.79 Å². The van der Waals surface area contributed by atoms with E-state index in [1.807, 2.05) is 0 Å². The maximum atomic E-state index is 9.60. The molecule has 0 aromatic rings. The normalized spacial score (nSPS) is 7.07. The Morgan fingerprint density at radius 2 is 1.67 bits per heavy atom. The highest BCUT2D eigenvalue weighted by atomic mass is 16.4. The predicted molar refractivity (Wildman–Crippen MR) is 60.1 cm³/mol. The molecule has 6 heteroatoms. The summed E-state index contributed by atoms with van der Waals surface area (Å²) < 4.78 is 0. The molecular formula is C9H19N3O3. The Labute approximate surface area is 89.4 Å². The molecule has 0 radical (unpaired) electrons. The minimum Gasteiger partial charge on any atom is -0.478 e. The van der Waals surface area contributed by atoms with Crippen molar-refractivity contribution < 1.29 is 14.7 Å². The van der Waals surface area contributed by atoms with Crippen LogP contribution in [0, 0.1) is 0 Å². The van der Waals surface area contributed by atoms with E-state index in [2.05, 4.69) is 24.6 Å². The number of amides is 2. The molecule has 6 nitrogen and oxygen atoms in total. The zero-order valence-corrected chi connectivity index (χ0v) is 8.90. The number of hydrogen-bond acceptors (Lipinski definition) is 3. The molecule has 0 aliphatic rings. The van der Waals surface area contributed by atoms with Gasteiger partial charge in [-0.05, 0) is 19.9 Å². The summed E-state index contributed by atoms with van der Waals surface area (Å²) in [6, 6.07) is -0.833. The van der Waals surface area contributed by atoms with Crippen molar-refractivity contribution in [1.29, 1.82) is 0 Å². The Balaban J connectivity index is -0.000000147. The second-order valence-electron chi connectivity index (χ2n) is 2.35. The molecule has 88 valence electrons. The van der Waals surface area contributed by atoms with Crippen LogP contribution in [0.15, 0.2) is 24.8 Å².